The number of phenols is 1. The lowest BCUT2D eigenvalue weighted by Gasteiger charge is -2.37. The first kappa shape index (κ1) is 16.5. The van der Waals surface area contributed by atoms with Crippen molar-refractivity contribution >= 4 is 22.9 Å². The molecule has 2 aromatic rings. The zero-order valence-corrected chi connectivity index (χ0v) is 14.2. The van der Waals surface area contributed by atoms with Crippen molar-refractivity contribution in [3.63, 3.8) is 0 Å². The average molecular weight is 346 g/mol. The molecule has 2 aromatic carbocycles. The lowest BCUT2D eigenvalue weighted by atomic mass is 10.1. The highest BCUT2D eigenvalue weighted by Gasteiger charge is 2.20. The van der Waals surface area contributed by atoms with Gasteiger partial charge in [0.1, 0.15) is 10.8 Å². The Bertz CT molecular complexity index is 728. The summed E-state index contributed by atoms with van der Waals surface area (Å²) in [6, 6.07) is 11.7. The molecule has 0 atom stereocenters. The third-order valence-corrected chi connectivity index (χ3v) is 4.68. The van der Waals surface area contributed by atoms with Gasteiger partial charge in [0.2, 0.25) is 0 Å². The molecule has 24 heavy (non-hydrogen) atoms. The first-order valence-corrected chi connectivity index (χ1v) is 8.16. The molecule has 0 bridgehead atoms. The Morgan fingerprint density at radius 3 is 2.38 bits per heavy atom. The van der Waals surface area contributed by atoms with Crippen LogP contribution in [-0.4, -0.2) is 48.3 Å². The van der Waals surface area contributed by atoms with Crippen LogP contribution < -0.4 is 9.64 Å². The highest BCUT2D eigenvalue weighted by molar-refractivity contribution is 7.80. The van der Waals surface area contributed by atoms with Gasteiger partial charge in [0, 0.05) is 37.4 Å². The van der Waals surface area contributed by atoms with Crippen molar-refractivity contribution in [1.29, 1.82) is 0 Å². The van der Waals surface area contributed by atoms with Gasteiger partial charge in [-0.15, -0.1) is 0 Å². The van der Waals surface area contributed by atoms with E-state index in [1.54, 1.807) is 30.3 Å². The number of piperazine rings is 1. The molecular formula is C18H19FN2O2S. The van der Waals surface area contributed by atoms with Gasteiger partial charge in [-0.25, -0.2) is 4.39 Å². The molecule has 1 aliphatic rings. The van der Waals surface area contributed by atoms with Crippen molar-refractivity contribution in [1.82, 2.24) is 4.90 Å². The fraction of sp³-hybridized carbons (Fsp3) is 0.278. The van der Waals surface area contributed by atoms with E-state index in [0.29, 0.717) is 5.75 Å². The molecule has 1 saturated heterocycles. The number of methoxy groups -OCH3 is 1. The van der Waals surface area contributed by atoms with Gasteiger partial charge in [0.05, 0.1) is 7.11 Å². The van der Waals surface area contributed by atoms with Gasteiger partial charge in [-0.2, -0.15) is 0 Å². The van der Waals surface area contributed by atoms with E-state index >= 15 is 0 Å². The molecule has 1 N–H and O–H groups in total. The molecule has 3 rings (SSSR count). The maximum Gasteiger partial charge on any atom is 0.161 e. The summed E-state index contributed by atoms with van der Waals surface area (Å²) in [5.74, 6) is 0.296. The Hall–Kier alpha value is -2.34. The number of rotatable bonds is 3. The van der Waals surface area contributed by atoms with E-state index in [1.165, 1.54) is 19.2 Å². The molecule has 0 spiro atoms. The number of nitrogens with zero attached hydrogens (tertiary/aromatic N) is 2. The van der Waals surface area contributed by atoms with Crippen LogP contribution in [0.4, 0.5) is 10.1 Å². The van der Waals surface area contributed by atoms with Gasteiger partial charge >= 0.3 is 0 Å². The molecule has 1 aliphatic heterocycles. The van der Waals surface area contributed by atoms with E-state index in [9.17, 15) is 9.50 Å². The lowest BCUT2D eigenvalue weighted by molar-refractivity contribution is 0.372. The summed E-state index contributed by atoms with van der Waals surface area (Å²) in [5, 5.41) is 9.69. The largest absolute Gasteiger partial charge is 0.504 e. The standard InChI is InChI=1S/C18H19FN2O2S/c1-23-17-12-13(2-7-16(17)22)18(24)21-10-8-20(9-11-21)15-5-3-14(19)4-6-15/h2-7,12,22H,8-11H2,1H3. The fourth-order valence-electron chi connectivity index (χ4n) is 2.81. The third kappa shape index (κ3) is 3.43. The van der Waals surface area contributed by atoms with Crippen molar-refractivity contribution in [3.8, 4) is 11.5 Å². The van der Waals surface area contributed by atoms with E-state index in [2.05, 4.69) is 9.80 Å². The number of anilines is 1. The normalized spacial score (nSPS) is 14.6. The number of aromatic hydroxyl groups is 1. The number of ether oxygens (including phenoxy) is 1. The molecular weight excluding hydrogens is 327 g/mol. The summed E-state index contributed by atoms with van der Waals surface area (Å²) in [6.07, 6.45) is 0. The summed E-state index contributed by atoms with van der Waals surface area (Å²) < 4.78 is 18.2. The highest BCUT2D eigenvalue weighted by Crippen LogP contribution is 2.27. The van der Waals surface area contributed by atoms with Gasteiger partial charge < -0.3 is 19.6 Å². The number of hydrogen-bond acceptors (Lipinski definition) is 4. The summed E-state index contributed by atoms with van der Waals surface area (Å²) in [6.45, 7) is 3.22. The van der Waals surface area contributed by atoms with Crippen LogP contribution in [0.1, 0.15) is 5.56 Å². The second kappa shape index (κ2) is 7.05. The second-order valence-electron chi connectivity index (χ2n) is 5.64. The first-order chi connectivity index (χ1) is 11.6. The summed E-state index contributed by atoms with van der Waals surface area (Å²) >= 11 is 5.58. The summed E-state index contributed by atoms with van der Waals surface area (Å²) in [4.78, 5) is 5.10. The molecule has 0 amide bonds. The lowest BCUT2D eigenvalue weighted by Crippen LogP contribution is -2.48. The monoisotopic (exact) mass is 346 g/mol. The maximum atomic E-state index is 13.0. The van der Waals surface area contributed by atoms with E-state index < -0.39 is 0 Å². The minimum atomic E-state index is -0.222. The SMILES string of the molecule is COc1cc(C(=S)N2CCN(c3ccc(F)cc3)CC2)ccc1O. The Kier molecular flexibility index (Phi) is 4.85. The van der Waals surface area contributed by atoms with E-state index in [1.807, 2.05) is 0 Å². The molecule has 126 valence electrons. The van der Waals surface area contributed by atoms with Crippen molar-refractivity contribution in [2.24, 2.45) is 0 Å². The summed E-state index contributed by atoms with van der Waals surface area (Å²) in [5.41, 5.74) is 1.88. The zero-order valence-electron chi connectivity index (χ0n) is 13.4. The van der Waals surface area contributed by atoms with E-state index in [-0.39, 0.29) is 11.6 Å². The minimum absolute atomic E-state index is 0.102. The molecule has 4 nitrogen and oxygen atoms in total. The Morgan fingerprint density at radius 1 is 1.08 bits per heavy atom. The van der Waals surface area contributed by atoms with Gasteiger partial charge in [-0.05, 0) is 42.5 Å². The van der Waals surface area contributed by atoms with Crippen LogP contribution in [-0.2, 0) is 0 Å². The average Bonchev–Trinajstić information content (AvgIpc) is 2.62. The maximum absolute atomic E-state index is 13.0. The smallest absolute Gasteiger partial charge is 0.161 e. The van der Waals surface area contributed by atoms with Gasteiger partial charge in [-0.1, -0.05) is 12.2 Å². The molecule has 0 saturated carbocycles. The minimum Gasteiger partial charge on any atom is -0.504 e. The highest BCUT2D eigenvalue weighted by atomic mass is 32.1. The number of halogens is 1. The third-order valence-electron chi connectivity index (χ3n) is 4.19. The molecule has 6 heteroatoms. The van der Waals surface area contributed by atoms with Crippen molar-refractivity contribution in [2.75, 3.05) is 38.2 Å². The van der Waals surface area contributed by atoms with Crippen LogP contribution >= 0.6 is 12.2 Å². The topological polar surface area (TPSA) is 35.9 Å². The van der Waals surface area contributed by atoms with E-state index in [4.69, 9.17) is 17.0 Å². The number of hydrogen-bond donors (Lipinski definition) is 1. The number of thiocarbonyl (C=S) groups is 1. The molecule has 0 aliphatic carbocycles. The zero-order chi connectivity index (χ0) is 17.1. The fourth-order valence-corrected chi connectivity index (χ4v) is 3.12. The quantitative estimate of drug-likeness (QED) is 0.865. The Labute approximate surface area is 146 Å². The van der Waals surface area contributed by atoms with Gasteiger partial charge in [-0.3, -0.25) is 0 Å². The van der Waals surface area contributed by atoms with Crippen LogP contribution in [0.2, 0.25) is 0 Å². The number of benzene rings is 2. The molecule has 1 heterocycles. The molecule has 0 unspecified atom stereocenters. The van der Waals surface area contributed by atoms with E-state index in [0.717, 1.165) is 42.4 Å². The Balaban J connectivity index is 1.66. The van der Waals surface area contributed by atoms with Crippen LogP contribution in [0.15, 0.2) is 42.5 Å². The van der Waals surface area contributed by atoms with Gasteiger partial charge in [0.25, 0.3) is 0 Å². The van der Waals surface area contributed by atoms with Crippen LogP contribution in [0.25, 0.3) is 0 Å². The van der Waals surface area contributed by atoms with Crippen molar-refractivity contribution in [3.05, 3.63) is 53.8 Å². The summed E-state index contributed by atoms with van der Waals surface area (Å²) in [7, 11) is 1.52. The van der Waals surface area contributed by atoms with Crippen molar-refractivity contribution in [2.45, 2.75) is 0 Å². The molecule has 0 radical (unpaired) electrons. The van der Waals surface area contributed by atoms with Crippen LogP contribution in [0.3, 0.4) is 0 Å². The molecule has 1 fully saturated rings. The first-order valence-electron chi connectivity index (χ1n) is 7.75. The Morgan fingerprint density at radius 2 is 1.75 bits per heavy atom. The van der Waals surface area contributed by atoms with Crippen molar-refractivity contribution < 1.29 is 14.2 Å². The predicted molar refractivity (Wildman–Crippen MR) is 96.5 cm³/mol. The second-order valence-corrected chi connectivity index (χ2v) is 6.03. The van der Waals surface area contributed by atoms with Crippen LogP contribution in [0, 0.1) is 5.82 Å². The van der Waals surface area contributed by atoms with Gasteiger partial charge in [0.15, 0.2) is 11.5 Å². The predicted octanol–water partition coefficient (Wildman–Crippen LogP) is 3.04. The number of phenolic OH excluding ortho intramolecular Hbond substituents is 1. The molecule has 0 aromatic heterocycles. The van der Waals surface area contributed by atoms with Crippen LogP contribution in [0.5, 0.6) is 11.5 Å².